The Kier molecular flexibility index (Phi) is 7.37. The van der Waals surface area contributed by atoms with E-state index in [2.05, 4.69) is 34.5 Å². The fourth-order valence-corrected chi connectivity index (χ4v) is 5.58. The van der Waals surface area contributed by atoms with Gasteiger partial charge in [0.25, 0.3) is 5.91 Å². The van der Waals surface area contributed by atoms with Crippen molar-refractivity contribution in [2.75, 3.05) is 13.1 Å². The van der Waals surface area contributed by atoms with E-state index in [4.69, 9.17) is 4.74 Å². The molecule has 0 bridgehead atoms. The van der Waals surface area contributed by atoms with Crippen molar-refractivity contribution in [2.45, 2.75) is 70.8 Å². The van der Waals surface area contributed by atoms with Crippen molar-refractivity contribution < 1.29 is 23.9 Å². The Labute approximate surface area is 217 Å². The lowest BCUT2D eigenvalue weighted by Crippen LogP contribution is -2.44. The lowest BCUT2D eigenvalue weighted by Gasteiger charge is -2.32. The second kappa shape index (κ2) is 10.8. The molecule has 5 rings (SSSR count). The van der Waals surface area contributed by atoms with Crippen molar-refractivity contribution >= 4 is 23.4 Å². The molecule has 2 fully saturated rings. The second-order valence-electron chi connectivity index (χ2n) is 10.3. The molecule has 2 heterocycles. The maximum absolute atomic E-state index is 13.0. The number of piperidine rings is 1. The number of carbonyl (C=O) groups is 4. The number of ketones is 2. The van der Waals surface area contributed by atoms with Crippen LogP contribution < -0.4 is 10.1 Å². The van der Waals surface area contributed by atoms with Crippen LogP contribution in [-0.2, 0) is 34.1 Å². The molecule has 0 radical (unpaired) electrons. The molecule has 2 amide bonds. The third-order valence-electron chi connectivity index (χ3n) is 7.59. The van der Waals surface area contributed by atoms with Gasteiger partial charge >= 0.3 is 0 Å². The smallest absolute Gasteiger partial charge is 0.255 e. The topological polar surface area (TPSA) is 96.0 Å². The van der Waals surface area contributed by atoms with Crippen LogP contribution in [0.5, 0.6) is 5.75 Å². The Hall–Kier alpha value is -3.52. The van der Waals surface area contributed by atoms with E-state index in [1.54, 1.807) is 24.0 Å². The van der Waals surface area contributed by atoms with Crippen molar-refractivity contribution in [3.8, 4) is 5.75 Å². The quantitative estimate of drug-likeness (QED) is 0.584. The summed E-state index contributed by atoms with van der Waals surface area (Å²) in [4.78, 5) is 52.3. The van der Waals surface area contributed by atoms with E-state index in [9.17, 15) is 19.2 Å². The van der Waals surface area contributed by atoms with Gasteiger partial charge in [-0.3, -0.25) is 24.1 Å². The minimum absolute atomic E-state index is 0.0395. The summed E-state index contributed by atoms with van der Waals surface area (Å²) in [5, 5.41) is 3.01. The number of nitrogens with one attached hydrogen (secondary N) is 1. The number of benzene rings is 2. The summed E-state index contributed by atoms with van der Waals surface area (Å²) >= 11 is 0. The fourth-order valence-electron chi connectivity index (χ4n) is 5.58. The van der Waals surface area contributed by atoms with Crippen molar-refractivity contribution in [1.82, 2.24) is 15.1 Å². The molecule has 1 saturated heterocycles. The molecule has 8 heteroatoms. The van der Waals surface area contributed by atoms with Gasteiger partial charge in [0.1, 0.15) is 18.1 Å². The number of rotatable bonds is 7. The molecule has 37 heavy (non-hydrogen) atoms. The van der Waals surface area contributed by atoms with Gasteiger partial charge in [0, 0.05) is 50.1 Å². The molecule has 1 unspecified atom stereocenters. The van der Waals surface area contributed by atoms with Gasteiger partial charge in [-0.1, -0.05) is 30.3 Å². The van der Waals surface area contributed by atoms with Crippen molar-refractivity contribution in [3.05, 3.63) is 64.7 Å². The highest BCUT2D eigenvalue weighted by Crippen LogP contribution is 2.34. The lowest BCUT2D eigenvalue weighted by molar-refractivity contribution is -0.133. The molecule has 194 valence electrons. The lowest BCUT2D eigenvalue weighted by atomic mass is 9.92. The highest BCUT2D eigenvalue weighted by molar-refractivity contribution is 6.07. The van der Waals surface area contributed by atoms with Crippen LogP contribution in [-0.4, -0.2) is 58.4 Å². The molecule has 1 aliphatic carbocycles. The third kappa shape index (κ3) is 5.74. The zero-order valence-corrected chi connectivity index (χ0v) is 21.2. The highest BCUT2D eigenvalue weighted by atomic mass is 16.5. The van der Waals surface area contributed by atoms with E-state index >= 15 is 0 Å². The molecule has 2 aromatic carbocycles. The van der Waals surface area contributed by atoms with Crippen molar-refractivity contribution in [1.29, 1.82) is 0 Å². The Morgan fingerprint density at radius 1 is 1.00 bits per heavy atom. The van der Waals surface area contributed by atoms with Gasteiger partial charge in [-0.25, -0.2) is 0 Å². The maximum Gasteiger partial charge on any atom is 0.255 e. The number of fused-ring (bicyclic) bond motifs is 1. The summed E-state index contributed by atoms with van der Waals surface area (Å²) < 4.78 is 6.13. The molecule has 1 atom stereocenters. The van der Waals surface area contributed by atoms with Gasteiger partial charge in [-0.2, -0.15) is 0 Å². The van der Waals surface area contributed by atoms with E-state index < -0.39 is 6.04 Å². The minimum Gasteiger partial charge on any atom is -0.489 e. The Morgan fingerprint density at radius 2 is 1.73 bits per heavy atom. The molecular formula is C29H33N3O5. The molecular weight excluding hydrogens is 470 g/mol. The average molecular weight is 504 g/mol. The molecule has 2 aliphatic heterocycles. The van der Waals surface area contributed by atoms with Crippen molar-refractivity contribution in [3.63, 3.8) is 0 Å². The fraction of sp³-hybridized carbons (Fsp3) is 0.448. The highest BCUT2D eigenvalue weighted by Gasteiger charge is 2.40. The number of amides is 2. The molecule has 3 aliphatic rings. The Morgan fingerprint density at radius 3 is 2.43 bits per heavy atom. The molecule has 0 spiro atoms. The monoisotopic (exact) mass is 503 g/mol. The van der Waals surface area contributed by atoms with Crippen LogP contribution in [0.3, 0.4) is 0 Å². The van der Waals surface area contributed by atoms with Gasteiger partial charge in [-0.05, 0) is 42.5 Å². The molecule has 1 saturated carbocycles. The predicted octanol–water partition coefficient (Wildman–Crippen LogP) is 3.01. The summed E-state index contributed by atoms with van der Waals surface area (Å²) in [5.74, 6) is 0.305. The van der Waals surface area contributed by atoms with Crippen LogP contribution in [0.1, 0.15) is 66.1 Å². The van der Waals surface area contributed by atoms with Crippen LogP contribution in [0.25, 0.3) is 0 Å². The minimum atomic E-state index is -0.533. The summed E-state index contributed by atoms with van der Waals surface area (Å²) in [5.41, 5.74) is 3.64. The molecule has 2 aromatic rings. The van der Waals surface area contributed by atoms with Crippen LogP contribution in [0.15, 0.2) is 42.5 Å². The standard InChI is InChI=1S/C29H33N3O5/c1-19(33)30-22-11-13-31(14-12-22)16-20-5-7-21(8-6-20)18-37-28-4-2-3-24-25(28)17-32(29(24)36)26-10-9-23(34)15-27(26)35/h2-8,22,26H,9-18H2,1H3,(H,30,33). The Bertz CT molecular complexity index is 1200. The molecule has 0 aromatic heterocycles. The van der Waals surface area contributed by atoms with Gasteiger partial charge in [-0.15, -0.1) is 0 Å². The van der Waals surface area contributed by atoms with Crippen LogP contribution in [0, 0.1) is 0 Å². The first-order valence-corrected chi connectivity index (χ1v) is 13.0. The summed E-state index contributed by atoms with van der Waals surface area (Å²) in [6.45, 7) is 5.08. The predicted molar refractivity (Wildman–Crippen MR) is 137 cm³/mol. The van der Waals surface area contributed by atoms with Crippen LogP contribution in [0.2, 0.25) is 0 Å². The maximum atomic E-state index is 13.0. The van der Waals surface area contributed by atoms with Crippen LogP contribution >= 0.6 is 0 Å². The summed E-state index contributed by atoms with van der Waals surface area (Å²) in [7, 11) is 0. The zero-order valence-electron chi connectivity index (χ0n) is 21.2. The number of nitrogens with zero attached hydrogens (tertiary/aromatic N) is 2. The molecule has 1 N–H and O–H groups in total. The van der Waals surface area contributed by atoms with Crippen LogP contribution in [0.4, 0.5) is 0 Å². The van der Waals surface area contributed by atoms with Gasteiger partial charge in [0.15, 0.2) is 5.78 Å². The number of Topliss-reactive ketones (excluding diaryl/α,β-unsaturated/α-hetero) is 2. The summed E-state index contributed by atoms with van der Waals surface area (Å²) in [6, 6.07) is 13.6. The number of likely N-dealkylation sites (tertiary alicyclic amines) is 1. The van der Waals surface area contributed by atoms with E-state index in [-0.39, 0.29) is 35.8 Å². The van der Waals surface area contributed by atoms with Gasteiger partial charge < -0.3 is 15.0 Å². The van der Waals surface area contributed by atoms with Crippen molar-refractivity contribution in [2.24, 2.45) is 0 Å². The SMILES string of the molecule is CC(=O)NC1CCN(Cc2ccc(COc3cccc4c3CN(C3CCC(=O)CC3=O)C4=O)cc2)CC1. The number of hydrogen-bond acceptors (Lipinski definition) is 6. The van der Waals surface area contributed by atoms with E-state index in [1.165, 1.54) is 5.56 Å². The first-order chi connectivity index (χ1) is 17.9. The number of ether oxygens (including phenoxy) is 1. The number of carbonyl (C=O) groups excluding carboxylic acids is 4. The van der Waals surface area contributed by atoms with E-state index in [1.807, 2.05) is 6.07 Å². The van der Waals surface area contributed by atoms with E-state index in [0.29, 0.717) is 37.3 Å². The first kappa shape index (κ1) is 25.1. The van der Waals surface area contributed by atoms with Gasteiger partial charge in [0.05, 0.1) is 19.0 Å². The second-order valence-corrected chi connectivity index (χ2v) is 10.3. The first-order valence-electron chi connectivity index (χ1n) is 13.0. The average Bonchev–Trinajstić information content (AvgIpc) is 3.21. The van der Waals surface area contributed by atoms with Gasteiger partial charge in [0.2, 0.25) is 5.91 Å². The Balaban J connectivity index is 1.16. The third-order valence-corrected chi connectivity index (χ3v) is 7.59. The zero-order chi connectivity index (χ0) is 25.9. The summed E-state index contributed by atoms with van der Waals surface area (Å²) in [6.07, 6.45) is 2.59. The van der Waals surface area contributed by atoms with E-state index in [0.717, 1.165) is 43.6 Å². The largest absolute Gasteiger partial charge is 0.489 e. The normalized spacial score (nSPS) is 20.7. The molecule has 8 nitrogen and oxygen atoms in total. The number of hydrogen-bond donors (Lipinski definition) is 1.